The Hall–Kier alpha value is -0.260. The summed E-state index contributed by atoms with van der Waals surface area (Å²) in [6, 6.07) is 0. The molecule has 1 saturated carbocycles. The first-order chi connectivity index (χ1) is 4.20. The number of hydrogen-bond donors (Lipinski definition) is 0. The zero-order valence-corrected chi connectivity index (χ0v) is 6.09. The van der Waals surface area contributed by atoms with Crippen LogP contribution in [-0.2, 0) is 0 Å². The van der Waals surface area contributed by atoms with Crippen LogP contribution in [0.1, 0.15) is 20.3 Å². The first kappa shape index (κ1) is 5.52. The SMILES string of the molecule is CC1(C)[CH][C@H]2CC=C[C@H]21. The van der Waals surface area contributed by atoms with Gasteiger partial charge in [0.2, 0.25) is 0 Å². The lowest BCUT2D eigenvalue weighted by Gasteiger charge is -2.47. The number of hydrogen-bond acceptors (Lipinski definition) is 0. The topological polar surface area (TPSA) is 0 Å². The minimum atomic E-state index is 0.512. The van der Waals surface area contributed by atoms with Gasteiger partial charge < -0.3 is 0 Å². The van der Waals surface area contributed by atoms with Crippen LogP contribution in [0.4, 0.5) is 0 Å². The highest BCUT2D eigenvalue weighted by Gasteiger charge is 2.46. The molecule has 0 N–H and O–H groups in total. The molecule has 1 fully saturated rings. The van der Waals surface area contributed by atoms with Gasteiger partial charge in [-0.3, -0.25) is 0 Å². The lowest BCUT2D eigenvalue weighted by Crippen LogP contribution is -2.41. The highest BCUT2D eigenvalue weighted by molar-refractivity contribution is 5.22. The molecule has 0 unspecified atom stereocenters. The molecule has 0 saturated heterocycles. The van der Waals surface area contributed by atoms with Gasteiger partial charge in [-0.25, -0.2) is 0 Å². The van der Waals surface area contributed by atoms with Crippen LogP contribution in [0.5, 0.6) is 0 Å². The quantitative estimate of drug-likeness (QED) is 0.432. The Labute approximate surface area is 57.0 Å². The fraction of sp³-hybridized carbons (Fsp3) is 0.667. The van der Waals surface area contributed by atoms with Crippen molar-refractivity contribution in [1.29, 1.82) is 0 Å². The van der Waals surface area contributed by atoms with Crippen LogP contribution in [0.15, 0.2) is 12.2 Å². The fourth-order valence-corrected chi connectivity index (χ4v) is 2.19. The molecule has 2 atom stereocenters. The van der Waals surface area contributed by atoms with Crippen LogP contribution in [0.3, 0.4) is 0 Å². The second-order valence-corrected chi connectivity index (χ2v) is 3.84. The van der Waals surface area contributed by atoms with Crippen LogP contribution in [0, 0.1) is 23.7 Å². The van der Waals surface area contributed by atoms with E-state index in [0.29, 0.717) is 5.41 Å². The van der Waals surface area contributed by atoms with Gasteiger partial charge in [0.25, 0.3) is 0 Å². The fourth-order valence-electron chi connectivity index (χ4n) is 2.19. The molecule has 0 aromatic carbocycles. The Bertz CT molecular complexity index is 153. The third kappa shape index (κ3) is 0.593. The van der Waals surface area contributed by atoms with Crippen molar-refractivity contribution in [2.24, 2.45) is 17.3 Å². The van der Waals surface area contributed by atoms with Gasteiger partial charge >= 0.3 is 0 Å². The first-order valence-electron chi connectivity index (χ1n) is 3.73. The van der Waals surface area contributed by atoms with E-state index in [2.05, 4.69) is 32.4 Å². The summed E-state index contributed by atoms with van der Waals surface area (Å²) in [4.78, 5) is 0. The highest BCUT2D eigenvalue weighted by Crippen LogP contribution is 2.54. The molecule has 0 heterocycles. The Morgan fingerprint density at radius 1 is 1.44 bits per heavy atom. The maximum absolute atomic E-state index is 2.48. The van der Waals surface area contributed by atoms with Gasteiger partial charge in [-0.1, -0.05) is 26.0 Å². The van der Waals surface area contributed by atoms with Crippen LogP contribution < -0.4 is 0 Å². The van der Waals surface area contributed by atoms with Crippen molar-refractivity contribution in [3.8, 4) is 0 Å². The minimum Gasteiger partial charge on any atom is -0.0879 e. The molecular weight excluding hydrogens is 108 g/mol. The second-order valence-electron chi connectivity index (χ2n) is 3.84. The summed E-state index contributed by atoms with van der Waals surface area (Å²) in [5, 5.41) is 0. The molecule has 49 valence electrons. The summed E-state index contributed by atoms with van der Waals surface area (Å²) in [6.45, 7) is 4.65. The molecule has 0 aromatic heterocycles. The lowest BCUT2D eigenvalue weighted by atomic mass is 9.57. The van der Waals surface area contributed by atoms with Crippen LogP contribution in [0.2, 0.25) is 0 Å². The van der Waals surface area contributed by atoms with E-state index in [0.717, 1.165) is 11.8 Å². The number of fused-ring (bicyclic) bond motifs is 1. The molecular formula is C9H13. The van der Waals surface area contributed by atoms with Gasteiger partial charge in [-0.15, -0.1) is 0 Å². The van der Waals surface area contributed by atoms with Crippen molar-refractivity contribution in [2.45, 2.75) is 20.3 Å². The molecule has 2 aliphatic carbocycles. The Morgan fingerprint density at radius 2 is 2.22 bits per heavy atom. The van der Waals surface area contributed by atoms with E-state index in [1.54, 1.807) is 0 Å². The number of rotatable bonds is 0. The van der Waals surface area contributed by atoms with E-state index < -0.39 is 0 Å². The summed E-state index contributed by atoms with van der Waals surface area (Å²) in [7, 11) is 0. The smallest absolute Gasteiger partial charge is 0.0145 e. The molecule has 9 heavy (non-hydrogen) atoms. The Kier molecular flexibility index (Phi) is 0.870. The van der Waals surface area contributed by atoms with Crippen molar-refractivity contribution in [3.05, 3.63) is 18.6 Å². The summed E-state index contributed by atoms with van der Waals surface area (Å²) in [5.41, 5.74) is 0.512. The maximum atomic E-state index is 2.48. The molecule has 0 heteroatoms. The summed E-state index contributed by atoms with van der Waals surface area (Å²) in [6.07, 6.45) is 8.48. The zero-order chi connectivity index (χ0) is 6.48. The normalized spacial score (nSPS) is 44.2. The molecule has 0 aliphatic heterocycles. The average Bonchev–Trinajstić information content (AvgIpc) is 2.10. The predicted molar refractivity (Wildman–Crippen MR) is 38.8 cm³/mol. The molecule has 0 amide bonds. The van der Waals surface area contributed by atoms with Crippen LogP contribution >= 0.6 is 0 Å². The predicted octanol–water partition coefficient (Wildman–Crippen LogP) is 2.42. The summed E-state index contributed by atoms with van der Waals surface area (Å²) < 4.78 is 0. The van der Waals surface area contributed by atoms with Gasteiger partial charge in [0.1, 0.15) is 0 Å². The molecule has 0 nitrogen and oxygen atoms in total. The monoisotopic (exact) mass is 121 g/mol. The molecule has 0 bridgehead atoms. The van der Waals surface area contributed by atoms with Gasteiger partial charge in [-0.05, 0) is 30.1 Å². The largest absolute Gasteiger partial charge is 0.0879 e. The lowest BCUT2D eigenvalue weighted by molar-refractivity contribution is 0.132. The standard InChI is InChI=1S/C9H13/c1-9(2)6-7-4-3-5-8(7)9/h3,5-8H,4H2,1-2H3/t7-,8-/m1/s1. The van der Waals surface area contributed by atoms with Gasteiger partial charge in [0.05, 0.1) is 0 Å². The van der Waals surface area contributed by atoms with Crippen molar-refractivity contribution in [3.63, 3.8) is 0 Å². The molecule has 2 aliphatic rings. The van der Waals surface area contributed by atoms with Crippen molar-refractivity contribution >= 4 is 0 Å². The maximum Gasteiger partial charge on any atom is -0.0145 e. The zero-order valence-electron chi connectivity index (χ0n) is 6.09. The third-order valence-electron chi connectivity index (χ3n) is 2.72. The Balaban J connectivity index is 2.16. The van der Waals surface area contributed by atoms with Gasteiger partial charge in [0, 0.05) is 0 Å². The summed E-state index contributed by atoms with van der Waals surface area (Å²) in [5.74, 6) is 1.78. The first-order valence-corrected chi connectivity index (χ1v) is 3.73. The number of allylic oxidation sites excluding steroid dienone is 2. The van der Waals surface area contributed by atoms with Crippen molar-refractivity contribution in [1.82, 2.24) is 0 Å². The highest BCUT2D eigenvalue weighted by atomic mass is 14.5. The van der Waals surface area contributed by atoms with Crippen LogP contribution in [0.25, 0.3) is 0 Å². The van der Waals surface area contributed by atoms with Crippen molar-refractivity contribution < 1.29 is 0 Å². The Morgan fingerprint density at radius 3 is 2.67 bits per heavy atom. The molecule has 0 aromatic rings. The third-order valence-corrected chi connectivity index (χ3v) is 2.72. The van der Waals surface area contributed by atoms with E-state index in [9.17, 15) is 0 Å². The molecule has 0 spiro atoms. The average molecular weight is 121 g/mol. The van der Waals surface area contributed by atoms with E-state index >= 15 is 0 Å². The minimum absolute atomic E-state index is 0.512. The van der Waals surface area contributed by atoms with Crippen molar-refractivity contribution in [2.75, 3.05) is 0 Å². The van der Waals surface area contributed by atoms with Crippen LogP contribution in [-0.4, -0.2) is 0 Å². The van der Waals surface area contributed by atoms with E-state index in [1.807, 2.05) is 0 Å². The molecule has 2 rings (SSSR count). The van der Waals surface area contributed by atoms with E-state index in [-0.39, 0.29) is 0 Å². The summed E-state index contributed by atoms with van der Waals surface area (Å²) >= 11 is 0. The molecule has 1 radical (unpaired) electrons. The van der Waals surface area contributed by atoms with E-state index in [4.69, 9.17) is 0 Å². The van der Waals surface area contributed by atoms with E-state index in [1.165, 1.54) is 6.42 Å². The van der Waals surface area contributed by atoms with Gasteiger partial charge in [0.15, 0.2) is 0 Å². The van der Waals surface area contributed by atoms with Gasteiger partial charge in [-0.2, -0.15) is 0 Å². The second kappa shape index (κ2) is 1.42.